The topological polar surface area (TPSA) is 46.2 Å². The molecule has 0 radical (unpaired) electrons. The molecule has 0 spiro atoms. The zero-order valence-corrected chi connectivity index (χ0v) is 11.2. The second kappa shape index (κ2) is 5.71. The molecule has 0 aromatic rings. The third kappa shape index (κ3) is 2.68. The first-order valence-corrected chi connectivity index (χ1v) is 7.65. The first-order chi connectivity index (χ1) is 8.22. The molecule has 0 aromatic heterocycles. The Labute approximate surface area is 106 Å². The maximum Gasteiger partial charge on any atom is 0.0715 e. The molecule has 17 heavy (non-hydrogen) atoms. The molecule has 100 valence electrons. The highest BCUT2D eigenvalue weighted by atomic mass is 16.3. The Bertz CT molecular complexity index is 225. The van der Waals surface area contributed by atoms with Gasteiger partial charge in [-0.3, -0.25) is 0 Å². The summed E-state index contributed by atoms with van der Waals surface area (Å²) in [5, 5.41) is 11.1. The number of rotatable bonds is 2. The van der Waals surface area contributed by atoms with Crippen LogP contribution < -0.4 is 5.73 Å². The summed E-state index contributed by atoms with van der Waals surface area (Å²) in [4.78, 5) is 0. The van der Waals surface area contributed by atoms with E-state index in [1.165, 1.54) is 51.4 Å². The molecule has 0 bridgehead atoms. The summed E-state index contributed by atoms with van der Waals surface area (Å²) < 4.78 is 0. The molecule has 3 N–H and O–H groups in total. The Morgan fingerprint density at radius 3 is 1.65 bits per heavy atom. The lowest BCUT2D eigenvalue weighted by Crippen LogP contribution is -2.54. The van der Waals surface area contributed by atoms with Gasteiger partial charge in [-0.1, -0.05) is 51.4 Å². The Balaban J connectivity index is 2.14. The van der Waals surface area contributed by atoms with Crippen molar-refractivity contribution in [2.45, 2.75) is 82.7 Å². The first kappa shape index (κ1) is 13.4. The molecular weight excluding hydrogens is 210 g/mol. The smallest absolute Gasteiger partial charge is 0.0715 e. The van der Waals surface area contributed by atoms with Gasteiger partial charge in [0.2, 0.25) is 0 Å². The van der Waals surface area contributed by atoms with Gasteiger partial charge in [-0.05, 0) is 25.7 Å². The maximum atomic E-state index is 11.1. The lowest BCUT2D eigenvalue weighted by Gasteiger charge is -2.50. The molecule has 2 rings (SSSR count). The normalized spacial score (nSPS) is 29.3. The Hall–Kier alpha value is -0.0800. The predicted molar refractivity (Wildman–Crippen MR) is 71.8 cm³/mol. The van der Waals surface area contributed by atoms with E-state index in [-0.39, 0.29) is 5.41 Å². The summed E-state index contributed by atoms with van der Waals surface area (Å²) in [7, 11) is 0. The van der Waals surface area contributed by atoms with Crippen LogP contribution in [0.25, 0.3) is 0 Å². The van der Waals surface area contributed by atoms with Crippen LogP contribution in [0, 0.1) is 5.41 Å². The molecule has 0 aromatic carbocycles. The molecule has 0 unspecified atom stereocenters. The van der Waals surface area contributed by atoms with E-state index in [0.29, 0.717) is 6.54 Å². The first-order valence-electron chi connectivity index (χ1n) is 7.65. The van der Waals surface area contributed by atoms with Crippen molar-refractivity contribution in [1.29, 1.82) is 0 Å². The zero-order chi connectivity index (χ0) is 12.2. The SMILES string of the molecule is NCC1(C2(O)CCCCC2)CCCCCCC1. The fourth-order valence-electron chi connectivity index (χ4n) is 4.11. The Morgan fingerprint density at radius 1 is 0.706 bits per heavy atom. The average molecular weight is 239 g/mol. The molecule has 0 heterocycles. The van der Waals surface area contributed by atoms with Gasteiger partial charge in [0.25, 0.3) is 0 Å². The van der Waals surface area contributed by atoms with Gasteiger partial charge in [0.1, 0.15) is 0 Å². The second-order valence-corrected chi connectivity index (χ2v) is 6.34. The molecule has 0 saturated heterocycles. The van der Waals surface area contributed by atoms with Crippen molar-refractivity contribution in [2.75, 3.05) is 6.54 Å². The molecule has 2 heteroatoms. The standard InChI is InChI=1S/C15H29NO/c16-13-14(9-5-2-1-3-6-10-14)15(17)11-7-4-8-12-15/h17H,1-13,16H2. The van der Waals surface area contributed by atoms with E-state index in [1.807, 2.05) is 0 Å². The van der Waals surface area contributed by atoms with Gasteiger partial charge >= 0.3 is 0 Å². The van der Waals surface area contributed by atoms with Crippen LogP contribution >= 0.6 is 0 Å². The minimum absolute atomic E-state index is 0.0356. The highest BCUT2D eigenvalue weighted by Crippen LogP contribution is 2.49. The molecular formula is C15H29NO. The largest absolute Gasteiger partial charge is 0.389 e. The number of hydrogen-bond acceptors (Lipinski definition) is 2. The Kier molecular flexibility index (Phi) is 4.48. The van der Waals surface area contributed by atoms with Crippen molar-refractivity contribution in [3.05, 3.63) is 0 Å². The molecule has 2 aliphatic carbocycles. The molecule has 0 amide bonds. The monoisotopic (exact) mass is 239 g/mol. The van der Waals surface area contributed by atoms with Crippen LogP contribution in [0.1, 0.15) is 77.0 Å². The van der Waals surface area contributed by atoms with Crippen molar-refractivity contribution < 1.29 is 5.11 Å². The number of aliphatic hydroxyl groups is 1. The van der Waals surface area contributed by atoms with Crippen molar-refractivity contribution in [2.24, 2.45) is 11.1 Å². The van der Waals surface area contributed by atoms with Crippen molar-refractivity contribution in [3.63, 3.8) is 0 Å². The van der Waals surface area contributed by atoms with Crippen LogP contribution in [0.2, 0.25) is 0 Å². The van der Waals surface area contributed by atoms with E-state index in [4.69, 9.17) is 5.73 Å². The summed E-state index contributed by atoms with van der Waals surface area (Å²) in [5.41, 5.74) is 5.70. The fraction of sp³-hybridized carbons (Fsp3) is 1.00. The highest BCUT2D eigenvalue weighted by molar-refractivity contribution is 5.01. The van der Waals surface area contributed by atoms with Crippen LogP contribution in [0.15, 0.2) is 0 Å². The van der Waals surface area contributed by atoms with E-state index in [2.05, 4.69) is 0 Å². The molecule has 2 aliphatic rings. The van der Waals surface area contributed by atoms with E-state index in [9.17, 15) is 5.11 Å². The zero-order valence-electron chi connectivity index (χ0n) is 11.2. The summed E-state index contributed by atoms with van der Waals surface area (Å²) >= 11 is 0. The molecule has 2 fully saturated rings. The van der Waals surface area contributed by atoms with E-state index in [1.54, 1.807) is 0 Å². The fourth-order valence-corrected chi connectivity index (χ4v) is 4.11. The maximum absolute atomic E-state index is 11.1. The predicted octanol–water partition coefficient (Wildman–Crippen LogP) is 3.37. The van der Waals surface area contributed by atoms with Crippen LogP contribution in [0.3, 0.4) is 0 Å². The van der Waals surface area contributed by atoms with Gasteiger partial charge in [0.15, 0.2) is 0 Å². The van der Waals surface area contributed by atoms with Crippen LogP contribution in [-0.4, -0.2) is 17.3 Å². The number of nitrogens with two attached hydrogens (primary N) is 1. The molecule has 2 saturated carbocycles. The molecule has 2 nitrogen and oxygen atoms in total. The van der Waals surface area contributed by atoms with E-state index < -0.39 is 5.60 Å². The van der Waals surface area contributed by atoms with Gasteiger partial charge < -0.3 is 10.8 Å². The molecule has 0 aliphatic heterocycles. The number of hydrogen-bond donors (Lipinski definition) is 2. The Morgan fingerprint density at radius 2 is 1.12 bits per heavy atom. The van der Waals surface area contributed by atoms with Crippen LogP contribution in [0.5, 0.6) is 0 Å². The van der Waals surface area contributed by atoms with Crippen molar-refractivity contribution in [3.8, 4) is 0 Å². The highest BCUT2D eigenvalue weighted by Gasteiger charge is 2.48. The lowest BCUT2D eigenvalue weighted by molar-refractivity contribution is -0.117. The van der Waals surface area contributed by atoms with Crippen molar-refractivity contribution >= 4 is 0 Å². The summed E-state index contributed by atoms with van der Waals surface area (Å²) in [6.45, 7) is 0.684. The third-order valence-corrected chi connectivity index (χ3v) is 5.37. The minimum atomic E-state index is -0.447. The van der Waals surface area contributed by atoms with E-state index in [0.717, 1.165) is 25.7 Å². The van der Waals surface area contributed by atoms with Gasteiger partial charge in [-0.15, -0.1) is 0 Å². The van der Waals surface area contributed by atoms with Gasteiger partial charge in [0.05, 0.1) is 5.60 Å². The molecule has 0 atom stereocenters. The lowest BCUT2D eigenvalue weighted by atomic mass is 9.60. The van der Waals surface area contributed by atoms with Crippen LogP contribution in [0.4, 0.5) is 0 Å². The van der Waals surface area contributed by atoms with Crippen molar-refractivity contribution in [1.82, 2.24) is 0 Å². The summed E-state index contributed by atoms with van der Waals surface area (Å²) in [6.07, 6.45) is 14.5. The average Bonchev–Trinajstić information content (AvgIpc) is 2.30. The summed E-state index contributed by atoms with van der Waals surface area (Å²) in [6, 6.07) is 0. The van der Waals surface area contributed by atoms with Gasteiger partial charge in [0, 0.05) is 12.0 Å². The van der Waals surface area contributed by atoms with Gasteiger partial charge in [-0.2, -0.15) is 0 Å². The van der Waals surface area contributed by atoms with Crippen LogP contribution in [-0.2, 0) is 0 Å². The summed E-state index contributed by atoms with van der Waals surface area (Å²) in [5.74, 6) is 0. The second-order valence-electron chi connectivity index (χ2n) is 6.34. The minimum Gasteiger partial charge on any atom is -0.389 e. The third-order valence-electron chi connectivity index (χ3n) is 5.37. The van der Waals surface area contributed by atoms with Gasteiger partial charge in [-0.25, -0.2) is 0 Å². The van der Waals surface area contributed by atoms with E-state index >= 15 is 0 Å². The quantitative estimate of drug-likeness (QED) is 0.776.